The fourth-order valence-electron chi connectivity index (χ4n) is 5.69. The van der Waals surface area contributed by atoms with Crippen LogP contribution in [0.5, 0.6) is 0 Å². The van der Waals surface area contributed by atoms with Crippen LogP contribution < -0.4 is 10.6 Å². The Kier molecular flexibility index (Phi) is 7.31. The number of nitrogens with zero attached hydrogens (tertiary/aromatic N) is 3. The highest BCUT2D eigenvalue weighted by molar-refractivity contribution is 6.01. The Morgan fingerprint density at radius 2 is 1.76 bits per heavy atom. The molecule has 2 atom stereocenters. The van der Waals surface area contributed by atoms with Crippen molar-refractivity contribution in [2.75, 3.05) is 18.4 Å². The average molecular weight is 510 g/mol. The van der Waals surface area contributed by atoms with Crippen LogP contribution in [0.1, 0.15) is 74.3 Å². The maximum Gasteiger partial charge on any atom is 0.270 e. The summed E-state index contributed by atoms with van der Waals surface area (Å²) in [5.41, 5.74) is 1.04. The van der Waals surface area contributed by atoms with E-state index in [1.807, 2.05) is 11.8 Å². The number of benzene rings is 1. The van der Waals surface area contributed by atoms with Crippen LogP contribution in [-0.4, -0.2) is 51.5 Å². The molecule has 1 aliphatic heterocycles. The maximum atomic E-state index is 15.2. The first-order valence-corrected chi connectivity index (χ1v) is 13.6. The first kappa shape index (κ1) is 25.4. The molecule has 8 nitrogen and oxygen atoms in total. The number of hydrogen-bond donors (Lipinski definition) is 2. The molecular formula is C28H36FN5O3. The van der Waals surface area contributed by atoms with E-state index in [1.54, 1.807) is 29.9 Å². The topological polar surface area (TPSA) is 96.3 Å². The van der Waals surface area contributed by atoms with E-state index in [0.717, 1.165) is 51.6 Å². The fraction of sp³-hybridized carbons (Fsp3) is 0.571. The van der Waals surface area contributed by atoms with Crippen molar-refractivity contribution in [1.29, 1.82) is 0 Å². The maximum absolute atomic E-state index is 15.2. The average Bonchev–Trinajstić information content (AvgIpc) is 3.81. The number of carbonyl (C=O) groups is 3. The van der Waals surface area contributed by atoms with Crippen LogP contribution in [0.25, 0.3) is 0 Å². The zero-order valence-corrected chi connectivity index (χ0v) is 21.6. The molecule has 0 bridgehead atoms. The summed E-state index contributed by atoms with van der Waals surface area (Å²) < 4.78 is 16.8. The molecule has 3 amide bonds. The summed E-state index contributed by atoms with van der Waals surface area (Å²) in [6.07, 6.45) is 7.73. The van der Waals surface area contributed by atoms with E-state index >= 15 is 4.39 Å². The zero-order chi connectivity index (χ0) is 26.1. The molecule has 2 heterocycles. The van der Waals surface area contributed by atoms with E-state index in [2.05, 4.69) is 15.7 Å². The van der Waals surface area contributed by atoms with Gasteiger partial charge in [0.25, 0.3) is 5.91 Å². The van der Waals surface area contributed by atoms with Crippen molar-refractivity contribution >= 4 is 23.4 Å². The lowest BCUT2D eigenvalue weighted by atomic mass is 9.88. The third-order valence-electron chi connectivity index (χ3n) is 8.07. The minimum Gasteiger partial charge on any atom is -0.342 e. The van der Waals surface area contributed by atoms with Gasteiger partial charge in [0.2, 0.25) is 11.8 Å². The molecule has 2 N–H and O–H groups in total. The van der Waals surface area contributed by atoms with Gasteiger partial charge in [0.15, 0.2) is 0 Å². The lowest BCUT2D eigenvalue weighted by molar-refractivity contribution is -0.131. The molecule has 2 aliphatic carbocycles. The molecule has 5 rings (SSSR count). The molecule has 9 heteroatoms. The summed E-state index contributed by atoms with van der Waals surface area (Å²) in [6.45, 7) is 5.72. The largest absolute Gasteiger partial charge is 0.342 e. The van der Waals surface area contributed by atoms with Crippen LogP contribution in [0.3, 0.4) is 0 Å². The third-order valence-corrected chi connectivity index (χ3v) is 8.07. The molecular weight excluding hydrogens is 473 g/mol. The van der Waals surface area contributed by atoms with Crippen molar-refractivity contribution < 1.29 is 18.8 Å². The van der Waals surface area contributed by atoms with E-state index in [9.17, 15) is 14.4 Å². The molecule has 2 unspecified atom stereocenters. The van der Waals surface area contributed by atoms with E-state index in [-0.39, 0.29) is 23.4 Å². The van der Waals surface area contributed by atoms with Gasteiger partial charge >= 0.3 is 0 Å². The lowest BCUT2D eigenvalue weighted by Gasteiger charge is -2.28. The van der Waals surface area contributed by atoms with Crippen LogP contribution in [0.4, 0.5) is 10.1 Å². The Bertz CT molecular complexity index is 1150. The summed E-state index contributed by atoms with van der Waals surface area (Å²) in [5.74, 6) is -0.990. The number of rotatable bonds is 10. The first-order chi connectivity index (χ1) is 17.9. The van der Waals surface area contributed by atoms with Crippen LogP contribution in [0.2, 0.25) is 0 Å². The number of likely N-dealkylation sites (tertiary alicyclic amines) is 1. The van der Waals surface area contributed by atoms with E-state index < -0.39 is 23.7 Å². The van der Waals surface area contributed by atoms with Gasteiger partial charge in [0.05, 0.1) is 11.6 Å². The normalized spacial score (nSPS) is 19.1. The van der Waals surface area contributed by atoms with Crippen LogP contribution in [-0.2, 0) is 16.1 Å². The third kappa shape index (κ3) is 5.55. The molecule has 0 spiro atoms. The quantitative estimate of drug-likeness (QED) is 0.507. The minimum atomic E-state index is -0.762. The number of carbonyl (C=O) groups excluding carboxylic acids is 3. The molecule has 3 fully saturated rings. The minimum absolute atomic E-state index is 0.000472. The smallest absolute Gasteiger partial charge is 0.270 e. The summed E-state index contributed by atoms with van der Waals surface area (Å²) in [5, 5.41) is 9.87. The van der Waals surface area contributed by atoms with Crippen molar-refractivity contribution in [2.45, 2.75) is 70.9 Å². The molecule has 0 radical (unpaired) electrons. The number of hydrogen-bond acceptors (Lipinski definition) is 4. The standard InChI is InChI=1S/C28H36FN5O3/c1-3-34-23(12-13-30-34)26(35)32-25(24(18-6-7-18)19-8-9-19)27(36)31-22-11-10-20(16-21(22)29)17(2)28(37)33-14-4-5-15-33/h10-13,16-19,24-25H,3-9,14-15H2,1-2H3,(H,31,36)(H,32,35). The highest BCUT2D eigenvalue weighted by Crippen LogP contribution is 2.51. The van der Waals surface area contributed by atoms with Gasteiger partial charge in [-0.2, -0.15) is 5.10 Å². The van der Waals surface area contributed by atoms with Gasteiger partial charge in [0, 0.05) is 25.8 Å². The van der Waals surface area contributed by atoms with Crippen molar-refractivity contribution in [3.05, 3.63) is 47.5 Å². The summed E-state index contributed by atoms with van der Waals surface area (Å²) in [7, 11) is 0. The van der Waals surface area contributed by atoms with Gasteiger partial charge in [0.1, 0.15) is 17.6 Å². The number of halogens is 1. The van der Waals surface area contributed by atoms with Gasteiger partial charge in [-0.3, -0.25) is 19.1 Å². The monoisotopic (exact) mass is 509 g/mol. The van der Waals surface area contributed by atoms with E-state index in [4.69, 9.17) is 0 Å². The number of aromatic nitrogens is 2. The van der Waals surface area contributed by atoms with E-state index in [1.165, 1.54) is 12.1 Å². The molecule has 37 heavy (non-hydrogen) atoms. The van der Waals surface area contributed by atoms with Gasteiger partial charge in [-0.25, -0.2) is 4.39 Å². The van der Waals surface area contributed by atoms with Gasteiger partial charge in [-0.1, -0.05) is 6.07 Å². The summed E-state index contributed by atoms with van der Waals surface area (Å²) in [4.78, 5) is 41.3. The number of aryl methyl sites for hydroxylation is 1. The predicted octanol–water partition coefficient (Wildman–Crippen LogP) is 3.94. The van der Waals surface area contributed by atoms with Gasteiger partial charge < -0.3 is 15.5 Å². The highest BCUT2D eigenvalue weighted by atomic mass is 19.1. The van der Waals surface area contributed by atoms with Crippen molar-refractivity contribution in [3.8, 4) is 0 Å². The number of anilines is 1. The highest BCUT2D eigenvalue weighted by Gasteiger charge is 2.48. The molecule has 2 saturated carbocycles. The Balaban J connectivity index is 1.33. The molecule has 2 aromatic rings. The molecule has 3 aliphatic rings. The molecule has 1 saturated heterocycles. The molecule has 198 valence electrons. The lowest BCUT2D eigenvalue weighted by Crippen LogP contribution is -2.50. The Hall–Kier alpha value is -3.23. The van der Waals surface area contributed by atoms with Crippen molar-refractivity contribution in [1.82, 2.24) is 20.0 Å². The van der Waals surface area contributed by atoms with Crippen molar-refractivity contribution in [3.63, 3.8) is 0 Å². The Morgan fingerprint density at radius 1 is 1.08 bits per heavy atom. The number of nitrogens with one attached hydrogen (secondary N) is 2. The zero-order valence-electron chi connectivity index (χ0n) is 21.6. The number of amides is 3. The summed E-state index contributed by atoms with van der Waals surface area (Å²) in [6, 6.07) is 5.43. The fourth-order valence-corrected chi connectivity index (χ4v) is 5.69. The summed E-state index contributed by atoms with van der Waals surface area (Å²) >= 11 is 0. The first-order valence-electron chi connectivity index (χ1n) is 13.6. The predicted molar refractivity (Wildman–Crippen MR) is 137 cm³/mol. The second kappa shape index (κ2) is 10.6. The van der Waals surface area contributed by atoms with Gasteiger partial charge in [-0.15, -0.1) is 0 Å². The molecule has 1 aromatic carbocycles. The van der Waals surface area contributed by atoms with Crippen molar-refractivity contribution in [2.24, 2.45) is 17.8 Å². The second-order valence-corrected chi connectivity index (χ2v) is 10.7. The van der Waals surface area contributed by atoms with E-state index in [0.29, 0.717) is 29.6 Å². The van der Waals surface area contributed by atoms with Crippen LogP contribution in [0, 0.1) is 23.6 Å². The Morgan fingerprint density at radius 3 is 2.35 bits per heavy atom. The SMILES string of the molecule is CCn1nccc1C(=O)NC(C(=O)Nc1ccc(C(C)C(=O)N2CCCC2)cc1F)C(C1CC1)C1CC1. The second-order valence-electron chi connectivity index (χ2n) is 10.7. The Labute approximate surface area is 217 Å². The van der Waals surface area contributed by atoms with Crippen LogP contribution in [0.15, 0.2) is 30.5 Å². The van der Waals surface area contributed by atoms with Crippen LogP contribution >= 0.6 is 0 Å². The molecule has 1 aromatic heterocycles. The van der Waals surface area contributed by atoms with Gasteiger partial charge in [-0.05, 0) is 93.9 Å².